The lowest BCUT2D eigenvalue weighted by Gasteiger charge is -2.20. The maximum atomic E-state index is 12.2. The van der Waals surface area contributed by atoms with Gasteiger partial charge < -0.3 is 15.4 Å². The first kappa shape index (κ1) is 20.6. The molecule has 0 aliphatic carbocycles. The van der Waals surface area contributed by atoms with Crippen molar-refractivity contribution in [3.05, 3.63) is 60.2 Å². The van der Waals surface area contributed by atoms with Gasteiger partial charge in [-0.25, -0.2) is 4.79 Å². The van der Waals surface area contributed by atoms with Crippen LogP contribution in [-0.2, 0) is 16.1 Å². The average molecular weight is 392 g/mol. The van der Waals surface area contributed by atoms with Crippen LogP contribution < -0.4 is 10.6 Å². The lowest BCUT2D eigenvalue weighted by atomic mass is 9.91. The van der Waals surface area contributed by atoms with Crippen molar-refractivity contribution in [1.82, 2.24) is 10.6 Å². The number of esters is 1. The number of amides is 2. The van der Waals surface area contributed by atoms with Crippen molar-refractivity contribution < 1.29 is 14.3 Å². The van der Waals surface area contributed by atoms with Gasteiger partial charge in [-0.1, -0.05) is 55.5 Å². The zero-order chi connectivity index (χ0) is 20.9. The summed E-state index contributed by atoms with van der Waals surface area (Å²) < 4.78 is 5.24. The van der Waals surface area contributed by atoms with Gasteiger partial charge in [0.05, 0.1) is 12.0 Å². The summed E-state index contributed by atoms with van der Waals surface area (Å²) >= 11 is 0. The monoisotopic (exact) mass is 392 g/mol. The fraction of sp³-hybridized carbons (Fsp3) is 0.333. The molecule has 3 aromatic carbocycles. The number of ether oxygens (including phenoxy) is 1. The fourth-order valence-electron chi connectivity index (χ4n) is 3.18. The van der Waals surface area contributed by atoms with Crippen molar-refractivity contribution in [2.45, 2.75) is 33.7 Å². The van der Waals surface area contributed by atoms with Crippen molar-refractivity contribution in [2.24, 2.45) is 5.41 Å². The number of fused-ring (bicyclic) bond motifs is 2. The van der Waals surface area contributed by atoms with Gasteiger partial charge in [0.25, 0.3) is 0 Å². The van der Waals surface area contributed by atoms with Crippen LogP contribution in [0, 0.1) is 5.41 Å². The van der Waals surface area contributed by atoms with E-state index in [1.807, 2.05) is 45.0 Å². The van der Waals surface area contributed by atoms with Crippen molar-refractivity contribution in [1.29, 1.82) is 0 Å². The van der Waals surface area contributed by atoms with E-state index in [9.17, 15) is 9.59 Å². The highest BCUT2D eigenvalue weighted by Crippen LogP contribution is 2.28. The van der Waals surface area contributed by atoms with Crippen LogP contribution in [0.1, 0.15) is 32.8 Å². The third-order valence-corrected chi connectivity index (χ3v) is 5.37. The second-order valence-electron chi connectivity index (χ2n) is 7.78. The molecule has 152 valence electrons. The highest BCUT2D eigenvalue weighted by molar-refractivity contribution is 6.02. The first-order valence-corrected chi connectivity index (χ1v) is 10.0. The Hall–Kier alpha value is -3.08. The van der Waals surface area contributed by atoms with E-state index in [1.165, 1.54) is 0 Å². The zero-order valence-corrected chi connectivity index (χ0v) is 17.2. The van der Waals surface area contributed by atoms with Crippen LogP contribution in [0.4, 0.5) is 4.79 Å². The van der Waals surface area contributed by atoms with Crippen molar-refractivity contribution in [2.75, 3.05) is 13.2 Å². The molecule has 0 atom stereocenters. The number of benzene rings is 3. The Kier molecular flexibility index (Phi) is 6.37. The van der Waals surface area contributed by atoms with Gasteiger partial charge in [-0.3, -0.25) is 4.79 Å². The first-order valence-electron chi connectivity index (χ1n) is 10.0. The summed E-state index contributed by atoms with van der Waals surface area (Å²) in [6.07, 6.45) is 0.707. The van der Waals surface area contributed by atoms with E-state index >= 15 is 0 Å². The van der Waals surface area contributed by atoms with Gasteiger partial charge in [0, 0.05) is 6.54 Å². The maximum absolute atomic E-state index is 12.2. The SMILES string of the molecule is CCC(C)(C)C(=O)OCCNC(=O)NCc1c2ccccc2cc2ccccc12. The highest BCUT2D eigenvalue weighted by atomic mass is 16.5. The summed E-state index contributed by atoms with van der Waals surface area (Å²) in [6.45, 7) is 6.49. The molecule has 2 amide bonds. The summed E-state index contributed by atoms with van der Waals surface area (Å²) in [6, 6.07) is 18.2. The largest absolute Gasteiger partial charge is 0.463 e. The third-order valence-electron chi connectivity index (χ3n) is 5.37. The minimum absolute atomic E-state index is 0.160. The molecule has 0 unspecified atom stereocenters. The lowest BCUT2D eigenvalue weighted by molar-refractivity contribution is -0.153. The van der Waals surface area contributed by atoms with E-state index < -0.39 is 5.41 Å². The molecule has 0 aliphatic heterocycles. The quantitative estimate of drug-likeness (QED) is 0.346. The van der Waals surface area contributed by atoms with E-state index in [4.69, 9.17) is 4.74 Å². The van der Waals surface area contributed by atoms with Gasteiger partial charge in [0.1, 0.15) is 6.61 Å². The van der Waals surface area contributed by atoms with Crippen LogP contribution in [0.3, 0.4) is 0 Å². The van der Waals surface area contributed by atoms with E-state index in [1.54, 1.807) is 0 Å². The number of carbonyl (C=O) groups is 2. The fourth-order valence-corrected chi connectivity index (χ4v) is 3.18. The van der Waals surface area contributed by atoms with Crippen LogP contribution in [0.2, 0.25) is 0 Å². The van der Waals surface area contributed by atoms with Gasteiger partial charge in [-0.15, -0.1) is 0 Å². The van der Waals surface area contributed by atoms with Gasteiger partial charge in [0.15, 0.2) is 0 Å². The highest BCUT2D eigenvalue weighted by Gasteiger charge is 2.26. The summed E-state index contributed by atoms with van der Waals surface area (Å²) in [7, 11) is 0. The molecule has 0 spiro atoms. The molecule has 0 heterocycles. The Morgan fingerprint density at radius 3 is 2.10 bits per heavy atom. The minimum atomic E-state index is -0.502. The molecule has 0 bridgehead atoms. The van der Waals surface area contributed by atoms with Gasteiger partial charge in [0.2, 0.25) is 0 Å². The number of rotatable bonds is 7. The van der Waals surface area contributed by atoms with Crippen LogP contribution in [0.5, 0.6) is 0 Å². The smallest absolute Gasteiger partial charge is 0.315 e. The number of carbonyl (C=O) groups excluding carboxylic acids is 2. The molecular weight excluding hydrogens is 364 g/mol. The summed E-state index contributed by atoms with van der Waals surface area (Å²) in [5, 5.41) is 10.2. The van der Waals surface area contributed by atoms with Crippen LogP contribution in [0.15, 0.2) is 54.6 Å². The maximum Gasteiger partial charge on any atom is 0.315 e. The van der Waals surface area contributed by atoms with E-state index in [0.29, 0.717) is 13.0 Å². The predicted octanol–water partition coefficient (Wildman–Crippen LogP) is 4.77. The summed E-state index contributed by atoms with van der Waals surface area (Å²) in [4.78, 5) is 24.2. The second kappa shape index (κ2) is 8.95. The molecule has 29 heavy (non-hydrogen) atoms. The Labute approximate surface area is 171 Å². The summed E-state index contributed by atoms with van der Waals surface area (Å²) in [5.41, 5.74) is 0.586. The van der Waals surface area contributed by atoms with Crippen LogP contribution in [-0.4, -0.2) is 25.2 Å². The molecule has 3 aromatic rings. The zero-order valence-electron chi connectivity index (χ0n) is 17.2. The van der Waals surface area contributed by atoms with Crippen molar-refractivity contribution >= 4 is 33.5 Å². The number of hydrogen-bond donors (Lipinski definition) is 2. The Bertz CT molecular complexity index is 973. The minimum Gasteiger partial charge on any atom is -0.463 e. The second-order valence-corrected chi connectivity index (χ2v) is 7.78. The molecule has 3 rings (SSSR count). The number of hydrogen-bond acceptors (Lipinski definition) is 3. The van der Waals surface area contributed by atoms with E-state index in [-0.39, 0.29) is 25.2 Å². The molecule has 0 saturated heterocycles. The van der Waals surface area contributed by atoms with E-state index in [2.05, 4.69) is 41.0 Å². The molecule has 0 saturated carbocycles. The third kappa shape index (κ3) is 4.86. The van der Waals surface area contributed by atoms with Crippen molar-refractivity contribution in [3.63, 3.8) is 0 Å². The standard InChI is InChI=1S/C24H28N2O3/c1-4-24(2,3)22(27)29-14-13-25-23(28)26-16-21-19-11-7-5-9-17(19)15-18-10-6-8-12-20(18)21/h5-12,15H,4,13-14,16H2,1-3H3,(H2,25,26,28). The molecule has 5 heteroatoms. The molecule has 0 aliphatic rings. The normalized spacial score (nSPS) is 11.4. The number of nitrogens with one attached hydrogen (secondary N) is 2. The molecule has 0 radical (unpaired) electrons. The molecule has 5 nitrogen and oxygen atoms in total. The van der Waals surface area contributed by atoms with Crippen LogP contribution >= 0.6 is 0 Å². The summed E-state index contributed by atoms with van der Waals surface area (Å²) in [5.74, 6) is -0.246. The molecule has 0 fully saturated rings. The van der Waals surface area contributed by atoms with Gasteiger partial charge in [-0.2, -0.15) is 0 Å². The first-order chi connectivity index (χ1) is 13.9. The van der Waals surface area contributed by atoms with Crippen LogP contribution in [0.25, 0.3) is 21.5 Å². The predicted molar refractivity (Wildman–Crippen MR) is 117 cm³/mol. The molecule has 0 aromatic heterocycles. The molecule has 2 N–H and O–H groups in total. The van der Waals surface area contributed by atoms with Crippen molar-refractivity contribution in [3.8, 4) is 0 Å². The van der Waals surface area contributed by atoms with Gasteiger partial charge in [-0.05, 0) is 53.4 Å². The Morgan fingerprint density at radius 1 is 0.931 bits per heavy atom. The molecular formula is C24H28N2O3. The van der Waals surface area contributed by atoms with Gasteiger partial charge >= 0.3 is 12.0 Å². The number of urea groups is 1. The lowest BCUT2D eigenvalue weighted by Crippen LogP contribution is -2.38. The Morgan fingerprint density at radius 2 is 1.52 bits per heavy atom. The Balaban J connectivity index is 1.60. The average Bonchev–Trinajstić information content (AvgIpc) is 2.73. The topological polar surface area (TPSA) is 67.4 Å². The van der Waals surface area contributed by atoms with E-state index in [0.717, 1.165) is 27.1 Å².